The summed E-state index contributed by atoms with van der Waals surface area (Å²) in [5.74, 6) is -3.77. The summed E-state index contributed by atoms with van der Waals surface area (Å²) in [6.45, 7) is -0.425. The second-order valence-electron chi connectivity index (χ2n) is 6.80. The van der Waals surface area contributed by atoms with Gasteiger partial charge in [0.25, 0.3) is 21.6 Å². The van der Waals surface area contributed by atoms with Crippen LogP contribution in [0.5, 0.6) is 0 Å². The first kappa shape index (κ1) is 24.3. The van der Waals surface area contributed by atoms with Gasteiger partial charge in [0.15, 0.2) is 11.6 Å². The first-order valence-electron chi connectivity index (χ1n) is 9.45. The molecule has 0 atom stereocenters. The van der Waals surface area contributed by atoms with Gasteiger partial charge in [-0.2, -0.15) is 0 Å². The van der Waals surface area contributed by atoms with Crippen molar-refractivity contribution >= 4 is 38.9 Å². The van der Waals surface area contributed by atoms with Crippen LogP contribution in [0.2, 0.25) is 0 Å². The standard InChI is InChI=1S/C21H16F2N4O6S/c22-18-9-8-17(11-19(18)23)34(32,33)26-15-6-4-14(5-7-15)25-20(28)12-24-21(29)13-2-1-3-16(10-13)27(30)31/h1-11,26H,12H2,(H,24,29)(H,25,28). The fourth-order valence-electron chi connectivity index (χ4n) is 2.71. The summed E-state index contributed by atoms with van der Waals surface area (Å²) < 4.78 is 53.1. The van der Waals surface area contributed by atoms with Gasteiger partial charge in [0.2, 0.25) is 5.91 Å². The van der Waals surface area contributed by atoms with Crippen LogP contribution < -0.4 is 15.4 Å². The third-order valence-electron chi connectivity index (χ3n) is 4.35. The lowest BCUT2D eigenvalue weighted by Gasteiger charge is -2.10. The minimum atomic E-state index is -4.18. The molecule has 2 amide bonds. The number of nitrogens with one attached hydrogen (secondary N) is 3. The Morgan fingerprint density at radius 1 is 0.912 bits per heavy atom. The number of hydrogen-bond acceptors (Lipinski definition) is 6. The van der Waals surface area contributed by atoms with Crippen molar-refractivity contribution in [3.8, 4) is 0 Å². The average molecular weight is 490 g/mol. The molecule has 3 rings (SSSR count). The van der Waals surface area contributed by atoms with Crippen molar-refractivity contribution in [3.05, 3.63) is 94.0 Å². The second-order valence-corrected chi connectivity index (χ2v) is 8.48. The molecular weight excluding hydrogens is 474 g/mol. The van der Waals surface area contributed by atoms with E-state index in [2.05, 4.69) is 15.4 Å². The molecule has 34 heavy (non-hydrogen) atoms. The van der Waals surface area contributed by atoms with Crippen LogP contribution in [0.3, 0.4) is 0 Å². The third kappa shape index (κ3) is 6.10. The van der Waals surface area contributed by atoms with Gasteiger partial charge in [0.1, 0.15) is 0 Å². The molecule has 0 bridgehead atoms. The highest BCUT2D eigenvalue weighted by molar-refractivity contribution is 7.92. The Morgan fingerprint density at radius 3 is 2.24 bits per heavy atom. The minimum Gasteiger partial charge on any atom is -0.343 e. The Balaban J connectivity index is 1.56. The van der Waals surface area contributed by atoms with Gasteiger partial charge in [-0.15, -0.1) is 0 Å². The SMILES string of the molecule is O=C(CNC(=O)c1cccc([N+](=O)[O-])c1)Nc1ccc(NS(=O)(=O)c2ccc(F)c(F)c2)cc1. The van der Waals surface area contributed by atoms with Crippen molar-refractivity contribution in [1.82, 2.24) is 5.32 Å². The molecule has 0 aromatic heterocycles. The Labute approximate surface area is 191 Å². The molecule has 3 aromatic carbocycles. The molecule has 0 radical (unpaired) electrons. The van der Waals surface area contributed by atoms with Crippen molar-refractivity contribution in [2.75, 3.05) is 16.6 Å². The molecule has 3 aromatic rings. The quantitative estimate of drug-likeness (QED) is 0.327. The lowest BCUT2D eigenvalue weighted by Crippen LogP contribution is -2.32. The van der Waals surface area contributed by atoms with Crippen molar-refractivity contribution in [1.29, 1.82) is 0 Å². The van der Waals surface area contributed by atoms with Crippen LogP contribution >= 0.6 is 0 Å². The van der Waals surface area contributed by atoms with E-state index < -0.39 is 49.8 Å². The zero-order valence-electron chi connectivity index (χ0n) is 17.1. The van der Waals surface area contributed by atoms with E-state index in [9.17, 15) is 36.9 Å². The number of anilines is 2. The van der Waals surface area contributed by atoms with Crippen molar-refractivity contribution in [2.45, 2.75) is 4.90 Å². The number of sulfonamides is 1. The summed E-state index contributed by atoms with van der Waals surface area (Å²) in [5, 5.41) is 15.6. The third-order valence-corrected chi connectivity index (χ3v) is 5.73. The average Bonchev–Trinajstić information content (AvgIpc) is 2.80. The molecule has 13 heteroatoms. The predicted molar refractivity (Wildman–Crippen MR) is 118 cm³/mol. The van der Waals surface area contributed by atoms with Gasteiger partial charge in [-0.05, 0) is 48.5 Å². The molecular formula is C21H16F2N4O6S. The summed E-state index contributed by atoms with van der Waals surface area (Å²) in [7, 11) is -4.18. The molecule has 0 saturated carbocycles. The number of carbonyl (C=O) groups excluding carboxylic acids is 2. The van der Waals surface area contributed by atoms with Gasteiger partial charge in [0, 0.05) is 29.1 Å². The highest BCUT2D eigenvalue weighted by Gasteiger charge is 2.17. The Bertz CT molecular complexity index is 1360. The van der Waals surface area contributed by atoms with E-state index in [4.69, 9.17) is 0 Å². The van der Waals surface area contributed by atoms with Crippen molar-refractivity contribution in [3.63, 3.8) is 0 Å². The summed E-state index contributed by atoms with van der Waals surface area (Å²) in [6.07, 6.45) is 0. The number of halogens is 2. The van der Waals surface area contributed by atoms with Gasteiger partial charge < -0.3 is 10.6 Å². The van der Waals surface area contributed by atoms with Gasteiger partial charge >= 0.3 is 0 Å². The van der Waals surface area contributed by atoms with Crippen LogP contribution in [-0.2, 0) is 14.8 Å². The highest BCUT2D eigenvalue weighted by Crippen LogP contribution is 2.20. The molecule has 10 nitrogen and oxygen atoms in total. The molecule has 0 aliphatic carbocycles. The van der Waals surface area contributed by atoms with Gasteiger partial charge in [-0.3, -0.25) is 24.4 Å². The maximum Gasteiger partial charge on any atom is 0.270 e. The number of benzene rings is 3. The van der Waals surface area contributed by atoms with Crippen LogP contribution in [-0.4, -0.2) is 31.7 Å². The van der Waals surface area contributed by atoms with E-state index in [0.29, 0.717) is 12.1 Å². The van der Waals surface area contributed by atoms with Crippen LogP contribution in [0.1, 0.15) is 10.4 Å². The molecule has 0 saturated heterocycles. The van der Waals surface area contributed by atoms with Crippen molar-refractivity contribution in [2.24, 2.45) is 0 Å². The normalized spacial score (nSPS) is 10.9. The van der Waals surface area contributed by atoms with Gasteiger partial charge in [-0.25, -0.2) is 17.2 Å². The van der Waals surface area contributed by atoms with E-state index in [1.54, 1.807) is 0 Å². The molecule has 0 aliphatic rings. The van der Waals surface area contributed by atoms with Gasteiger partial charge in [0.05, 0.1) is 16.4 Å². The van der Waals surface area contributed by atoms with E-state index in [1.807, 2.05) is 0 Å². The zero-order chi connectivity index (χ0) is 24.9. The Hall–Kier alpha value is -4.39. The summed E-state index contributed by atoms with van der Waals surface area (Å²) in [5.41, 5.74) is 0.129. The number of amides is 2. The number of hydrogen-bond donors (Lipinski definition) is 3. The summed E-state index contributed by atoms with van der Waals surface area (Å²) in [4.78, 5) is 33.8. The number of rotatable bonds is 8. The van der Waals surface area contributed by atoms with Crippen LogP contribution in [0, 0.1) is 21.7 Å². The number of nitro benzene ring substituents is 1. The van der Waals surface area contributed by atoms with E-state index >= 15 is 0 Å². The number of nitrogens with zero attached hydrogens (tertiary/aromatic N) is 1. The maximum absolute atomic E-state index is 13.3. The fraction of sp³-hybridized carbons (Fsp3) is 0.0476. The molecule has 0 unspecified atom stereocenters. The highest BCUT2D eigenvalue weighted by atomic mass is 32.2. The summed E-state index contributed by atoms with van der Waals surface area (Å²) >= 11 is 0. The maximum atomic E-state index is 13.3. The molecule has 0 spiro atoms. The van der Waals surface area contributed by atoms with E-state index in [-0.39, 0.29) is 22.6 Å². The van der Waals surface area contributed by atoms with Crippen LogP contribution in [0.15, 0.2) is 71.6 Å². The zero-order valence-corrected chi connectivity index (χ0v) is 17.9. The smallest absolute Gasteiger partial charge is 0.270 e. The largest absolute Gasteiger partial charge is 0.343 e. The Morgan fingerprint density at radius 2 is 1.59 bits per heavy atom. The van der Waals surface area contributed by atoms with E-state index in [0.717, 1.165) is 12.1 Å². The summed E-state index contributed by atoms with van der Waals surface area (Å²) in [6, 6.07) is 12.6. The van der Waals surface area contributed by atoms with Crippen LogP contribution in [0.4, 0.5) is 25.8 Å². The number of carbonyl (C=O) groups is 2. The predicted octanol–water partition coefficient (Wildman–Crippen LogP) is 3.04. The van der Waals surface area contributed by atoms with E-state index in [1.165, 1.54) is 42.5 Å². The Kier molecular flexibility index (Phi) is 7.16. The molecule has 0 fully saturated rings. The first-order valence-corrected chi connectivity index (χ1v) is 10.9. The van der Waals surface area contributed by atoms with Gasteiger partial charge in [-0.1, -0.05) is 6.07 Å². The molecule has 176 valence electrons. The molecule has 3 N–H and O–H groups in total. The lowest BCUT2D eigenvalue weighted by molar-refractivity contribution is -0.384. The number of non-ortho nitro benzene ring substituents is 1. The first-order chi connectivity index (χ1) is 16.0. The number of nitro groups is 1. The van der Waals surface area contributed by atoms with Crippen molar-refractivity contribution < 1.29 is 31.7 Å². The monoisotopic (exact) mass is 490 g/mol. The topological polar surface area (TPSA) is 148 Å². The minimum absolute atomic E-state index is 0.0136. The second kappa shape index (κ2) is 10.0. The molecule has 0 heterocycles. The lowest BCUT2D eigenvalue weighted by atomic mass is 10.2. The van der Waals surface area contributed by atoms with Crippen LogP contribution in [0.25, 0.3) is 0 Å². The molecule has 0 aliphatic heterocycles. The fourth-order valence-corrected chi connectivity index (χ4v) is 3.78.